The molecular weight excluding hydrogens is 460 g/mol. The molecule has 0 radical (unpaired) electrons. The van der Waals surface area contributed by atoms with Crippen molar-refractivity contribution in [3.8, 4) is 5.75 Å². The van der Waals surface area contributed by atoms with E-state index in [1.54, 1.807) is 6.08 Å². The Morgan fingerprint density at radius 3 is 2.43 bits per heavy atom. The van der Waals surface area contributed by atoms with Crippen LogP contribution in [0, 0.1) is 20.8 Å². The van der Waals surface area contributed by atoms with Gasteiger partial charge in [0.2, 0.25) is 5.91 Å². The van der Waals surface area contributed by atoms with Crippen LogP contribution in [0.1, 0.15) is 27.8 Å². The highest BCUT2D eigenvalue weighted by molar-refractivity contribution is 8.18. The standard InChI is InChI=1S/C28H26N2O4S/c1-18-7-6-8-21(12-18)17-34-24-10-5-4-9-22(24)15-25-27(32)30(28(33)35-25)16-26(31)29-23-13-19(2)11-20(3)14-23/h4-15H,16-17H2,1-3H3,(H,29,31)/b25-15+. The van der Waals surface area contributed by atoms with Gasteiger partial charge in [-0.2, -0.15) is 0 Å². The summed E-state index contributed by atoms with van der Waals surface area (Å²) in [6, 6.07) is 21.1. The number of nitrogens with one attached hydrogen (secondary N) is 1. The van der Waals surface area contributed by atoms with E-state index in [1.807, 2.05) is 81.4 Å². The van der Waals surface area contributed by atoms with Crippen molar-refractivity contribution in [2.75, 3.05) is 11.9 Å². The fraction of sp³-hybridized carbons (Fsp3) is 0.179. The molecule has 1 heterocycles. The van der Waals surface area contributed by atoms with Crippen molar-refractivity contribution in [3.63, 3.8) is 0 Å². The molecule has 0 atom stereocenters. The lowest BCUT2D eigenvalue weighted by Crippen LogP contribution is -2.36. The minimum absolute atomic E-state index is 0.251. The Kier molecular flexibility index (Phi) is 7.36. The summed E-state index contributed by atoms with van der Waals surface area (Å²) in [7, 11) is 0. The first-order valence-electron chi connectivity index (χ1n) is 11.2. The summed E-state index contributed by atoms with van der Waals surface area (Å²) >= 11 is 0.818. The number of para-hydroxylation sites is 1. The summed E-state index contributed by atoms with van der Waals surface area (Å²) in [5, 5.41) is 2.29. The van der Waals surface area contributed by atoms with Crippen LogP contribution in [0.5, 0.6) is 5.75 Å². The Morgan fingerprint density at radius 1 is 0.943 bits per heavy atom. The number of thioether (sulfide) groups is 1. The Bertz CT molecular complexity index is 1310. The fourth-order valence-electron chi connectivity index (χ4n) is 3.86. The van der Waals surface area contributed by atoms with E-state index in [4.69, 9.17) is 4.74 Å². The Balaban J connectivity index is 1.45. The molecule has 1 aliphatic heterocycles. The van der Waals surface area contributed by atoms with E-state index in [1.165, 1.54) is 0 Å². The molecule has 0 unspecified atom stereocenters. The third kappa shape index (κ3) is 6.19. The Hall–Kier alpha value is -3.84. The zero-order valence-electron chi connectivity index (χ0n) is 19.8. The van der Waals surface area contributed by atoms with Crippen LogP contribution >= 0.6 is 11.8 Å². The number of nitrogens with zero attached hydrogens (tertiary/aromatic N) is 1. The van der Waals surface area contributed by atoms with Crippen LogP contribution in [-0.2, 0) is 16.2 Å². The van der Waals surface area contributed by atoms with Crippen molar-refractivity contribution < 1.29 is 19.1 Å². The number of benzene rings is 3. The van der Waals surface area contributed by atoms with Gasteiger partial charge >= 0.3 is 0 Å². The number of aryl methyl sites for hydroxylation is 3. The van der Waals surface area contributed by atoms with E-state index < -0.39 is 17.1 Å². The van der Waals surface area contributed by atoms with E-state index in [0.29, 0.717) is 23.6 Å². The summed E-state index contributed by atoms with van der Waals surface area (Å²) in [4.78, 5) is 39.2. The molecule has 3 aromatic carbocycles. The summed E-state index contributed by atoms with van der Waals surface area (Å²) in [6.45, 7) is 5.93. The largest absolute Gasteiger partial charge is 0.488 e. The van der Waals surface area contributed by atoms with Crippen LogP contribution in [0.3, 0.4) is 0 Å². The highest BCUT2D eigenvalue weighted by Crippen LogP contribution is 2.34. The van der Waals surface area contributed by atoms with Crippen molar-refractivity contribution in [2.45, 2.75) is 27.4 Å². The van der Waals surface area contributed by atoms with E-state index in [2.05, 4.69) is 11.4 Å². The van der Waals surface area contributed by atoms with Gasteiger partial charge in [-0.05, 0) is 73.5 Å². The zero-order chi connectivity index (χ0) is 24.9. The van der Waals surface area contributed by atoms with Gasteiger partial charge in [-0.1, -0.05) is 54.1 Å². The molecule has 1 saturated heterocycles. The average molecular weight is 487 g/mol. The molecule has 0 saturated carbocycles. The fourth-order valence-corrected chi connectivity index (χ4v) is 4.69. The van der Waals surface area contributed by atoms with Crippen LogP contribution in [0.4, 0.5) is 10.5 Å². The van der Waals surface area contributed by atoms with Crippen LogP contribution < -0.4 is 10.1 Å². The minimum Gasteiger partial charge on any atom is -0.488 e. The molecular formula is C28H26N2O4S. The van der Waals surface area contributed by atoms with Crippen molar-refractivity contribution in [3.05, 3.63) is 99.5 Å². The normalized spacial score (nSPS) is 14.5. The van der Waals surface area contributed by atoms with Crippen molar-refractivity contribution >= 4 is 40.6 Å². The molecule has 178 valence electrons. The lowest BCUT2D eigenvalue weighted by atomic mass is 10.1. The predicted molar refractivity (Wildman–Crippen MR) is 139 cm³/mol. The van der Waals surface area contributed by atoms with Crippen LogP contribution in [0.2, 0.25) is 0 Å². The first-order valence-corrected chi connectivity index (χ1v) is 12.0. The molecule has 1 aliphatic rings. The van der Waals surface area contributed by atoms with Crippen LogP contribution in [0.15, 0.2) is 71.6 Å². The number of ether oxygens (including phenoxy) is 1. The molecule has 35 heavy (non-hydrogen) atoms. The van der Waals surface area contributed by atoms with Crippen molar-refractivity contribution in [2.24, 2.45) is 0 Å². The molecule has 6 nitrogen and oxygen atoms in total. The second kappa shape index (κ2) is 10.6. The van der Waals surface area contributed by atoms with Gasteiger partial charge in [-0.15, -0.1) is 0 Å². The SMILES string of the molecule is Cc1cccc(COc2ccccc2/C=C2/SC(=O)N(CC(=O)Nc3cc(C)cc(C)c3)C2=O)c1. The molecule has 0 bridgehead atoms. The third-order valence-electron chi connectivity index (χ3n) is 5.36. The number of rotatable bonds is 7. The second-order valence-corrected chi connectivity index (χ2v) is 9.50. The van der Waals surface area contributed by atoms with Crippen molar-refractivity contribution in [1.29, 1.82) is 0 Å². The number of amides is 3. The number of hydrogen-bond donors (Lipinski definition) is 1. The predicted octanol–water partition coefficient (Wildman–Crippen LogP) is 5.87. The Morgan fingerprint density at radius 2 is 1.69 bits per heavy atom. The molecule has 3 aromatic rings. The van der Waals surface area contributed by atoms with E-state index in [9.17, 15) is 14.4 Å². The van der Waals surface area contributed by atoms with Gasteiger partial charge < -0.3 is 10.1 Å². The molecule has 0 aromatic heterocycles. The minimum atomic E-state index is -0.496. The molecule has 0 spiro atoms. The number of imide groups is 1. The Labute approximate surface area is 209 Å². The van der Waals surface area contributed by atoms with Gasteiger partial charge in [0.15, 0.2) is 0 Å². The lowest BCUT2D eigenvalue weighted by Gasteiger charge is -2.13. The first-order chi connectivity index (χ1) is 16.8. The molecule has 1 N–H and O–H groups in total. The molecule has 1 fully saturated rings. The van der Waals surface area contributed by atoms with Gasteiger partial charge in [0.25, 0.3) is 11.1 Å². The van der Waals surface area contributed by atoms with E-state index >= 15 is 0 Å². The van der Waals surface area contributed by atoms with Crippen LogP contribution in [0.25, 0.3) is 6.08 Å². The van der Waals surface area contributed by atoms with Gasteiger partial charge in [0, 0.05) is 11.3 Å². The number of anilines is 1. The molecule has 7 heteroatoms. The molecule has 3 amide bonds. The van der Waals surface area contributed by atoms with Gasteiger partial charge in [-0.3, -0.25) is 19.3 Å². The monoisotopic (exact) mass is 486 g/mol. The van der Waals surface area contributed by atoms with Crippen molar-refractivity contribution in [1.82, 2.24) is 4.90 Å². The van der Waals surface area contributed by atoms with Gasteiger partial charge in [-0.25, -0.2) is 0 Å². The topological polar surface area (TPSA) is 75.7 Å². The van der Waals surface area contributed by atoms with Gasteiger partial charge in [0.05, 0.1) is 4.91 Å². The number of hydrogen-bond acceptors (Lipinski definition) is 5. The number of carbonyl (C=O) groups excluding carboxylic acids is 3. The zero-order valence-corrected chi connectivity index (χ0v) is 20.6. The average Bonchev–Trinajstić information content (AvgIpc) is 3.05. The first kappa shape index (κ1) is 24.3. The highest BCUT2D eigenvalue weighted by atomic mass is 32.2. The maximum Gasteiger partial charge on any atom is 0.294 e. The maximum atomic E-state index is 12.9. The van der Waals surface area contributed by atoms with E-state index in [0.717, 1.165) is 38.9 Å². The number of carbonyl (C=O) groups is 3. The molecule has 0 aliphatic carbocycles. The van der Waals surface area contributed by atoms with Crippen LogP contribution in [-0.4, -0.2) is 28.5 Å². The third-order valence-corrected chi connectivity index (χ3v) is 6.27. The highest BCUT2D eigenvalue weighted by Gasteiger charge is 2.36. The summed E-state index contributed by atoms with van der Waals surface area (Å²) in [5.41, 5.74) is 5.53. The van der Waals surface area contributed by atoms with Gasteiger partial charge in [0.1, 0.15) is 18.9 Å². The molecule has 4 rings (SSSR count). The summed E-state index contributed by atoms with van der Waals surface area (Å²) in [6.07, 6.45) is 1.64. The summed E-state index contributed by atoms with van der Waals surface area (Å²) < 4.78 is 6.00. The maximum absolute atomic E-state index is 12.9. The summed E-state index contributed by atoms with van der Waals surface area (Å²) in [5.74, 6) is -0.321. The second-order valence-electron chi connectivity index (χ2n) is 8.51. The smallest absolute Gasteiger partial charge is 0.294 e. The lowest BCUT2D eigenvalue weighted by molar-refractivity contribution is -0.127. The van der Waals surface area contributed by atoms with E-state index in [-0.39, 0.29) is 11.4 Å². The quantitative estimate of drug-likeness (QED) is 0.423.